The van der Waals surface area contributed by atoms with Crippen molar-refractivity contribution in [3.05, 3.63) is 29.8 Å². The van der Waals surface area contributed by atoms with Gasteiger partial charge in [-0.05, 0) is 31.2 Å². The van der Waals surface area contributed by atoms with E-state index in [1.54, 1.807) is 12.1 Å². The van der Waals surface area contributed by atoms with Gasteiger partial charge < -0.3 is 10.2 Å². The minimum atomic E-state index is -4.39. The molecule has 132 valence electrons. The van der Waals surface area contributed by atoms with Gasteiger partial charge in [0.25, 0.3) is 0 Å². The maximum Gasteiger partial charge on any atom is 0.405 e. The average Bonchev–Trinajstić information content (AvgIpc) is 2.53. The van der Waals surface area contributed by atoms with E-state index < -0.39 is 18.6 Å². The van der Waals surface area contributed by atoms with Gasteiger partial charge in [-0.3, -0.25) is 14.5 Å². The van der Waals surface area contributed by atoms with E-state index >= 15 is 0 Å². The van der Waals surface area contributed by atoms with Crippen LogP contribution >= 0.6 is 0 Å². The second-order valence-electron chi connectivity index (χ2n) is 5.76. The fraction of sp³-hybridized carbons (Fsp3) is 0.500. The highest BCUT2D eigenvalue weighted by atomic mass is 19.4. The van der Waals surface area contributed by atoms with Crippen LogP contribution in [0.4, 0.5) is 18.9 Å². The molecule has 1 aliphatic rings. The Balaban J connectivity index is 1.78. The Bertz CT molecular complexity index is 579. The van der Waals surface area contributed by atoms with Gasteiger partial charge in [0.15, 0.2) is 5.78 Å². The number of nitrogens with zero attached hydrogens (tertiary/aromatic N) is 2. The number of Topliss-reactive ketones (excluding diaryl/α,β-unsaturated/α-hetero) is 1. The van der Waals surface area contributed by atoms with Crippen LogP contribution in [0.2, 0.25) is 0 Å². The Morgan fingerprint density at radius 3 is 2.17 bits per heavy atom. The van der Waals surface area contributed by atoms with Crippen LogP contribution in [0.25, 0.3) is 0 Å². The van der Waals surface area contributed by atoms with Crippen LogP contribution < -0.4 is 10.2 Å². The minimum Gasteiger partial charge on any atom is -0.369 e. The Hall–Kier alpha value is -2.09. The summed E-state index contributed by atoms with van der Waals surface area (Å²) in [4.78, 5) is 26.7. The highest BCUT2D eigenvalue weighted by molar-refractivity contribution is 5.94. The third kappa shape index (κ3) is 5.52. The van der Waals surface area contributed by atoms with Crippen molar-refractivity contribution in [2.75, 3.05) is 44.2 Å². The summed E-state index contributed by atoms with van der Waals surface area (Å²) in [6.45, 7) is 2.71. The number of rotatable bonds is 5. The summed E-state index contributed by atoms with van der Waals surface area (Å²) in [5.41, 5.74) is 1.64. The number of hydrogen-bond donors (Lipinski definition) is 1. The molecule has 2 rings (SSSR count). The van der Waals surface area contributed by atoms with Gasteiger partial charge in [0.05, 0.1) is 6.54 Å². The third-order valence-corrected chi connectivity index (χ3v) is 3.86. The molecule has 0 spiro atoms. The van der Waals surface area contributed by atoms with Crippen molar-refractivity contribution in [1.29, 1.82) is 0 Å². The van der Waals surface area contributed by atoms with Gasteiger partial charge in [0.2, 0.25) is 5.91 Å². The lowest BCUT2D eigenvalue weighted by Gasteiger charge is -2.35. The lowest BCUT2D eigenvalue weighted by molar-refractivity contribution is -0.139. The second kappa shape index (κ2) is 7.65. The molecule has 0 saturated carbocycles. The van der Waals surface area contributed by atoms with Crippen molar-refractivity contribution in [1.82, 2.24) is 10.2 Å². The van der Waals surface area contributed by atoms with Crippen LogP contribution in [-0.2, 0) is 4.79 Å². The first kappa shape index (κ1) is 18.3. The fourth-order valence-electron chi connectivity index (χ4n) is 2.53. The van der Waals surface area contributed by atoms with Crippen LogP contribution in [0.1, 0.15) is 17.3 Å². The van der Waals surface area contributed by atoms with Crippen molar-refractivity contribution in [2.24, 2.45) is 0 Å². The molecule has 0 aromatic heterocycles. The Morgan fingerprint density at radius 2 is 1.67 bits per heavy atom. The molecule has 0 unspecified atom stereocenters. The molecule has 1 N–H and O–H groups in total. The van der Waals surface area contributed by atoms with E-state index in [4.69, 9.17) is 0 Å². The largest absolute Gasteiger partial charge is 0.405 e. The van der Waals surface area contributed by atoms with E-state index in [0.717, 1.165) is 5.69 Å². The van der Waals surface area contributed by atoms with Crippen LogP contribution in [0.5, 0.6) is 0 Å². The first-order chi connectivity index (χ1) is 11.2. The number of amides is 1. The first-order valence-corrected chi connectivity index (χ1v) is 7.66. The Labute approximate surface area is 138 Å². The van der Waals surface area contributed by atoms with E-state index in [2.05, 4.69) is 4.90 Å². The molecule has 1 fully saturated rings. The zero-order valence-corrected chi connectivity index (χ0v) is 13.4. The van der Waals surface area contributed by atoms with Gasteiger partial charge in [0, 0.05) is 37.4 Å². The summed E-state index contributed by atoms with van der Waals surface area (Å²) in [7, 11) is 0. The van der Waals surface area contributed by atoms with Gasteiger partial charge in [-0.2, -0.15) is 13.2 Å². The standard InChI is InChI=1S/C16H20F3N3O2/c1-12(23)13-2-4-14(5-3-13)22-8-6-21(7-9-22)10-15(24)20-11-16(17,18)19/h2-5H,6-11H2,1H3,(H,20,24). The zero-order chi connectivity index (χ0) is 17.7. The van der Waals surface area contributed by atoms with Gasteiger partial charge >= 0.3 is 6.18 Å². The van der Waals surface area contributed by atoms with Crippen LogP contribution in [0.15, 0.2) is 24.3 Å². The predicted octanol–water partition coefficient (Wildman–Crippen LogP) is 1.69. The van der Waals surface area contributed by atoms with Crippen molar-refractivity contribution >= 4 is 17.4 Å². The normalized spacial score (nSPS) is 16.1. The number of carbonyl (C=O) groups is 2. The number of piperazine rings is 1. The lowest BCUT2D eigenvalue weighted by Crippen LogP contribution is -2.50. The highest BCUT2D eigenvalue weighted by Gasteiger charge is 2.28. The topological polar surface area (TPSA) is 52.7 Å². The maximum absolute atomic E-state index is 12.1. The smallest absolute Gasteiger partial charge is 0.369 e. The van der Waals surface area contributed by atoms with E-state index in [9.17, 15) is 22.8 Å². The van der Waals surface area contributed by atoms with Crippen LogP contribution in [0, 0.1) is 0 Å². The SMILES string of the molecule is CC(=O)c1ccc(N2CCN(CC(=O)NCC(F)(F)F)CC2)cc1. The lowest BCUT2D eigenvalue weighted by atomic mass is 10.1. The van der Waals surface area contributed by atoms with Gasteiger partial charge in [0.1, 0.15) is 6.54 Å². The summed E-state index contributed by atoms with van der Waals surface area (Å²) in [5, 5.41) is 1.88. The molecule has 0 atom stereocenters. The summed E-state index contributed by atoms with van der Waals surface area (Å²) in [6, 6.07) is 7.30. The zero-order valence-electron chi connectivity index (χ0n) is 13.4. The molecular weight excluding hydrogens is 323 g/mol. The first-order valence-electron chi connectivity index (χ1n) is 7.66. The number of ketones is 1. The molecule has 0 bridgehead atoms. The van der Waals surface area contributed by atoms with Gasteiger partial charge in [-0.25, -0.2) is 0 Å². The number of halogens is 3. The van der Waals surface area contributed by atoms with E-state index in [1.165, 1.54) is 6.92 Å². The summed E-state index contributed by atoms with van der Waals surface area (Å²) in [5.74, 6) is -0.608. The number of carbonyl (C=O) groups excluding carboxylic acids is 2. The number of hydrogen-bond acceptors (Lipinski definition) is 4. The molecule has 1 aliphatic heterocycles. The number of nitrogens with one attached hydrogen (secondary N) is 1. The molecule has 24 heavy (non-hydrogen) atoms. The highest BCUT2D eigenvalue weighted by Crippen LogP contribution is 2.17. The van der Waals surface area contributed by atoms with E-state index in [0.29, 0.717) is 31.7 Å². The fourth-order valence-corrected chi connectivity index (χ4v) is 2.53. The Kier molecular flexibility index (Phi) is 5.82. The molecule has 1 amide bonds. The van der Waals surface area contributed by atoms with Crippen molar-refractivity contribution in [2.45, 2.75) is 13.1 Å². The van der Waals surface area contributed by atoms with Crippen molar-refractivity contribution in [3.63, 3.8) is 0 Å². The predicted molar refractivity (Wildman–Crippen MR) is 84.2 cm³/mol. The summed E-state index contributed by atoms with van der Waals surface area (Å²) < 4.78 is 36.2. The average molecular weight is 343 g/mol. The van der Waals surface area contributed by atoms with E-state index in [1.807, 2.05) is 22.3 Å². The summed E-state index contributed by atoms with van der Waals surface area (Å²) >= 11 is 0. The second-order valence-corrected chi connectivity index (χ2v) is 5.76. The van der Waals surface area contributed by atoms with Crippen LogP contribution in [0.3, 0.4) is 0 Å². The van der Waals surface area contributed by atoms with Crippen molar-refractivity contribution < 1.29 is 22.8 Å². The van der Waals surface area contributed by atoms with Crippen LogP contribution in [-0.4, -0.2) is 62.0 Å². The molecule has 5 nitrogen and oxygen atoms in total. The van der Waals surface area contributed by atoms with Crippen molar-refractivity contribution in [3.8, 4) is 0 Å². The monoisotopic (exact) mass is 343 g/mol. The molecule has 8 heteroatoms. The Morgan fingerprint density at radius 1 is 1.08 bits per heavy atom. The molecule has 0 radical (unpaired) electrons. The number of benzene rings is 1. The quantitative estimate of drug-likeness (QED) is 0.827. The molecule has 1 heterocycles. The maximum atomic E-state index is 12.1. The summed E-state index contributed by atoms with van der Waals surface area (Å²) in [6.07, 6.45) is -4.39. The molecule has 1 saturated heterocycles. The molecule has 1 aromatic rings. The van der Waals surface area contributed by atoms with E-state index in [-0.39, 0.29) is 12.3 Å². The third-order valence-electron chi connectivity index (χ3n) is 3.86. The molecule has 0 aliphatic carbocycles. The number of anilines is 1. The minimum absolute atomic E-state index is 0.0104. The number of alkyl halides is 3. The van der Waals surface area contributed by atoms with Gasteiger partial charge in [-0.1, -0.05) is 0 Å². The molecule has 1 aromatic carbocycles. The molecular formula is C16H20F3N3O2. The van der Waals surface area contributed by atoms with Gasteiger partial charge in [-0.15, -0.1) is 0 Å².